The van der Waals surface area contributed by atoms with E-state index in [1.54, 1.807) is 12.1 Å². The van der Waals surface area contributed by atoms with E-state index in [2.05, 4.69) is 45.1 Å². The lowest BCUT2D eigenvalue weighted by Gasteiger charge is -2.36. The van der Waals surface area contributed by atoms with Crippen molar-refractivity contribution in [1.29, 1.82) is 5.26 Å². The summed E-state index contributed by atoms with van der Waals surface area (Å²) >= 11 is 0. The highest BCUT2D eigenvalue weighted by Crippen LogP contribution is 2.29. The van der Waals surface area contributed by atoms with Gasteiger partial charge in [0.2, 0.25) is 0 Å². The summed E-state index contributed by atoms with van der Waals surface area (Å²) in [5, 5.41) is 8.90. The predicted octanol–water partition coefficient (Wildman–Crippen LogP) is 3.12. The summed E-state index contributed by atoms with van der Waals surface area (Å²) in [4.78, 5) is 21.7. The normalized spacial score (nSPS) is 21.9. The van der Waals surface area contributed by atoms with Crippen LogP contribution in [0.1, 0.15) is 40.9 Å². The van der Waals surface area contributed by atoms with Gasteiger partial charge in [-0.3, -0.25) is 4.79 Å². The molecule has 0 radical (unpaired) electrons. The van der Waals surface area contributed by atoms with E-state index in [-0.39, 0.29) is 11.9 Å². The van der Waals surface area contributed by atoms with Gasteiger partial charge in [-0.15, -0.1) is 0 Å². The molecule has 5 heteroatoms. The third-order valence-corrected chi connectivity index (χ3v) is 5.96. The van der Waals surface area contributed by atoms with Gasteiger partial charge in [0.25, 0.3) is 5.91 Å². The van der Waals surface area contributed by atoms with Crippen LogP contribution in [-0.2, 0) is 6.42 Å². The zero-order chi connectivity index (χ0) is 19.3. The number of nitriles is 1. The van der Waals surface area contributed by atoms with E-state index in [1.165, 1.54) is 18.2 Å². The van der Waals surface area contributed by atoms with Crippen LogP contribution in [0, 0.1) is 17.2 Å². The largest absolute Gasteiger partial charge is 0.334 e. The van der Waals surface area contributed by atoms with Gasteiger partial charge in [0.15, 0.2) is 0 Å². The van der Waals surface area contributed by atoms with Crippen molar-refractivity contribution in [2.75, 3.05) is 26.2 Å². The number of carbonyl (C=O) groups excluding carboxylic acids is 1. The lowest BCUT2D eigenvalue weighted by atomic mass is 9.94. The number of rotatable bonds is 5. The second-order valence-electron chi connectivity index (χ2n) is 7.95. The molecule has 0 aliphatic carbocycles. The number of carbonyl (C=O) groups is 1. The van der Waals surface area contributed by atoms with Crippen LogP contribution < -0.4 is 0 Å². The molecule has 0 spiro atoms. The lowest BCUT2D eigenvalue weighted by Crippen LogP contribution is -2.47. The average Bonchev–Trinajstić information content (AvgIpc) is 3.05. The molecule has 1 aromatic carbocycles. The van der Waals surface area contributed by atoms with Gasteiger partial charge in [0.1, 0.15) is 11.8 Å². The fraction of sp³-hybridized carbons (Fsp3) is 0.435. The van der Waals surface area contributed by atoms with E-state index in [4.69, 9.17) is 5.26 Å². The van der Waals surface area contributed by atoms with E-state index < -0.39 is 0 Å². The molecule has 5 rings (SSSR count). The monoisotopic (exact) mass is 374 g/mol. The molecule has 2 bridgehead atoms. The Hall–Kier alpha value is -2.71. The Bertz CT molecular complexity index is 843. The Morgan fingerprint density at radius 3 is 2.71 bits per heavy atom. The molecule has 28 heavy (non-hydrogen) atoms. The molecule has 2 aromatic rings. The topological polar surface area (TPSA) is 60.2 Å². The summed E-state index contributed by atoms with van der Waals surface area (Å²) in [5.74, 6) is 0.601. The van der Waals surface area contributed by atoms with Gasteiger partial charge in [-0.25, -0.2) is 4.98 Å². The van der Waals surface area contributed by atoms with Crippen molar-refractivity contribution in [3.05, 3.63) is 65.5 Å². The quantitative estimate of drug-likeness (QED) is 0.807. The first-order chi connectivity index (χ1) is 13.7. The lowest BCUT2D eigenvalue weighted by molar-refractivity contribution is 0.0585. The summed E-state index contributed by atoms with van der Waals surface area (Å²) in [6.07, 6.45) is 6.07. The number of fused-ring (bicyclic) bond motifs is 4. The molecule has 3 saturated heterocycles. The zero-order valence-corrected chi connectivity index (χ0v) is 16.1. The Labute approximate surface area is 166 Å². The molecular weight excluding hydrogens is 348 g/mol. The van der Waals surface area contributed by atoms with Crippen molar-refractivity contribution in [2.24, 2.45) is 5.92 Å². The maximum absolute atomic E-state index is 13.0. The van der Waals surface area contributed by atoms with Crippen LogP contribution >= 0.6 is 0 Å². The standard InChI is InChI=1S/C23H26N4O/c24-13-21-10-9-20(14-25-21)23(28)27-16-19-8-11-22(27)17-26(15-19)12-4-7-18-5-2-1-3-6-18/h1-3,5-6,9-10,14,19,22H,4,7-8,11-12,15-17H2/t19-,22+/m0/s1. The number of aromatic nitrogens is 1. The maximum Gasteiger partial charge on any atom is 0.255 e. The second kappa shape index (κ2) is 8.53. The minimum atomic E-state index is 0.0535. The van der Waals surface area contributed by atoms with Crippen LogP contribution in [0.2, 0.25) is 0 Å². The highest BCUT2D eigenvalue weighted by molar-refractivity contribution is 5.94. The average molecular weight is 374 g/mol. The number of benzene rings is 1. The van der Waals surface area contributed by atoms with Crippen molar-refractivity contribution in [3.63, 3.8) is 0 Å². The minimum Gasteiger partial charge on any atom is -0.334 e. The van der Waals surface area contributed by atoms with E-state index >= 15 is 0 Å². The summed E-state index contributed by atoms with van der Waals surface area (Å²) in [5.41, 5.74) is 2.33. The minimum absolute atomic E-state index is 0.0535. The molecule has 2 atom stereocenters. The zero-order valence-electron chi connectivity index (χ0n) is 16.1. The van der Waals surface area contributed by atoms with E-state index in [0.29, 0.717) is 17.2 Å². The summed E-state index contributed by atoms with van der Waals surface area (Å²) in [6, 6.07) is 16.3. The van der Waals surface area contributed by atoms with Crippen LogP contribution in [0.4, 0.5) is 0 Å². The molecule has 3 aliphatic rings. The molecule has 0 N–H and O–H groups in total. The van der Waals surface area contributed by atoms with Crippen molar-refractivity contribution < 1.29 is 4.79 Å². The number of hydrogen-bond acceptors (Lipinski definition) is 4. The first-order valence-electron chi connectivity index (χ1n) is 10.2. The number of amides is 1. The second-order valence-corrected chi connectivity index (χ2v) is 7.95. The van der Waals surface area contributed by atoms with E-state index in [1.807, 2.05) is 6.07 Å². The Balaban J connectivity index is 1.37. The fourth-order valence-corrected chi connectivity index (χ4v) is 4.51. The predicted molar refractivity (Wildman–Crippen MR) is 108 cm³/mol. The third-order valence-electron chi connectivity index (χ3n) is 5.96. The van der Waals surface area contributed by atoms with Crippen molar-refractivity contribution in [2.45, 2.75) is 31.7 Å². The molecule has 0 saturated carbocycles. The molecule has 1 aromatic heterocycles. The molecule has 4 heterocycles. The number of pyridine rings is 1. The van der Waals surface area contributed by atoms with Crippen molar-refractivity contribution in [1.82, 2.24) is 14.8 Å². The van der Waals surface area contributed by atoms with Gasteiger partial charge in [-0.1, -0.05) is 30.3 Å². The molecule has 144 valence electrons. The number of hydrogen-bond donors (Lipinski definition) is 0. The van der Waals surface area contributed by atoms with Gasteiger partial charge in [-0.05, 0) is 55.8 Å². The van der Waals surface area contributed by atoms with E-state index in [9.17, 15) is 4.79 Å². The highest BCUT2D eigenvalue weighted by atomic mass is 16.2. The summed E-state index contributed by atoms with van der Waals surface area (Å²) < 4.78 is 0. The van der Waals surface area contributed by atoms with Crippen LogP contribution in [0.15, 0.2) is 48.7 Å². The number of aryl methyl sites for hydroxylation is 1. The Kier molecular flexibility index (Phi) is 5.68. The number of nitrogens with zero attached hydrogens (tertiary/aromatic N) is 4. The van der Waals surface area contributed by atoms with Gasteiger partial charge in [0, 0.05) is 31.9 Å². The Morgan fingerprint density at radius 2 is 1.96 bits per heavy atom. The molecule has 3 fully saturated rings. The molecule has 5 nitrogen and oxygen atoms in total. The molecule has 3 aliphatic heterocycles. The SMILES string of the molecule is N#Cc1ccc(C(=O)N2C[C@H]3CC[C@@H]2CN(CCCc2ccccc2)C3)cn1. The molecule has 0 unspecified atom stereocenters. The maximum atomic E-state index is 13.0. The van der Waals surface area contributed by atoms with Crippen molar-refractivity contribution >= 4 is 5.91 Å². The molecule has 1 amide bonds. The number of piperidine rings is 1. The first-order valence-corrected chi connectivity index (χ1v) is 10.2. The van der Waals surface area contributed by atoms with Crippen LogP contribution in [-0.4, -0.2) is 52.9 Å². The van der Waals surface area contributed by atoms with Gasteiger partial charge in [-0.2, -0.15) is 5.26 Å². The first kappa shape index (κ1) is 18.6. The third kappa shape index (κ3) is 4.23. The van der Waals surface area contributed by atoms with Gasteiger partial charge >= 0.3 is 0 Å². The Morgan fingerprint density at radius 1 is 1.11 bits per heavy atom. The van der Waals surface area contributed by atoms with Crippen LogP contribution in [0.3, 0.4) is 0 Å². The summed E-state index contributed by atoms with van der Waals surface area (Å²) in [6.45, 7) is 3.96. The van der Waals surface area contributed by atoms with Crippen LogP contribution in [0.25, 0.3) is 0 Å². The van der Waals surface area contributed by atoms with Crippen LogP contribution in [0.5, 0.6) is 0 Å². The van der Waals surface area contributed by atoms with Gasteiger partial charge in [0.05, 0.1) is 5.56 Å². The van der Waals surface area contributed by atoms with E-state index in [0.717, 1.165) is 45.4 Å². The highest BCUT2D eigenvalue weighted by Gasteiger charge is 2.37. The molecular formula is C23H26N4O. The fourth-order valence-electron chi connectivity index (χ4n) is 4.51. The van der Waals surface area contributed by atoms with Crippen molar-refractivity contribution in [3.8, 4) is 6.07 Å². The summed E-state index contributed by atoms with van der Waals surface area (Å²) in [7, 11) is 0. The van der Waals surface area contributed by atoms with Gasteiger partial charge < -0.3 is 9.80 Å². The smallest absolute Gasteiger partial charge is 0.255 e.